The average molecular weight is 439 g/mol. The van der Waals surface area contributed by atoms with Crippen LogP contribution in [0, 0.1) is 17.1 Å². The van der Waals surface area contributed by atoms with E-state index in [1.807, 2.05) is 0 Å². The van der Waals surface area contributed by atoms with Gasteiger partial charge in [0.2, 0.25) is 0 Å². The molecule has 0 aliphatic rings. The van der Waals surface area contributed by atoms with Gasteiger partial charge in [-0.1, -0.05) is 17.7 Å². The van der Waals surface area contributed by atoms with E-state index in [1.165, 1.54) is 22.9 Å². The minimum absolute atomic E-state index is 0.168. The van der Waals surface area contributed by atoms with Crippen LogP contribution in [0.1, 0.15) is 34.5 Å². The molecular weight excluding hydrogens is 423 g/mol. The molecular formula is C23H16ClFN2O4. The summed E-state index contributed by atoms with van der Waals surface area (Å²) < 4.78 is 15.1. The van der Waals surface area contributed by atoms with Crippen LogP contribution in [0.25, 0.3) is 11.1 Å². The van der Waals surface area contributed by atoms with Gasteiger partial charge in [-0.25, -0.2) is 9.18 Å². The van der Waals surface area contributed by atoms with Crippen LogP contribution in [0.4, 0.5) is 4.39 Å². The van der Waals surface area contributed by atoms with Crippen molar-refractivity contribution in [3.05, 3.63) is 92.6 Å². The first-order chi connectivity index (χ1) is 14.7. The summed E-state index contributed by atoms with van der Waals surface area (Å²) in [5, 5.41) is 18.6. The van der Waals surface area contributed by atoms with Crippen LogP contribution in [0.5, 0.6) is 0 Å². The number of aromatic carboxylic acids is 1. The maximum absolute atomic E-state index is 13.9. The predicted octanol–water partition coefficient (Wildman–Crippen LogP) is 4.25. The van der Waals surface area contributed by atoms with Crippen LogP contribution in [0.3, 0.4) is 0 Å². The van der Waals surface area contributed by atoms with Gasteiger partial charge in [-0.3, -0.25) is 9.59 Å². The Bertz CT molecular complexity index is 1290. The SMILES string of the molecule is CC(C(=O)Cc1ccc(C(=O)O)c(F)c1)n1ccc(-c2cc(Cl)ccc2C#N)cc1=O. The van der Waals surface area contributed by atoms with Gasteiger partial charge < -0.3 is 9.67 Å². The Morgan fingerprint density at radius 1 is 1.19 bits per heavy atom. The molecule has 156 valence electrons. The number of nitriles is 1. The Kier molecular flexibility index (Phi) is 6.33. The number of halogens is 2. The van der Waals surface area contributed by atoms with E-state index in [0.717, 1.165) is 12.1 Å². The minimum Gasteiger partial charge on any atom is -0.478 e. The van der Waals surface area contributed by atoms with Crippen molar-refractivity contribution in [2.24, 2.45) is 0 Å². The molecule has 0 fully saturated rings. The highest BCUT2D eigenvalue weighted by molar-refractivity contribution is 6.30. The number of ketones is 1. The molecule has 0 bridgehead atoms. The number of benzene rings is 2. The lowest BCUT2D eigenvalue weighted by molar-refractivity contribution is -0.121. The monoisotopic (exact) mass is 438 g/mol. The van der Waals surface area contributed by atoms with Gasteiger partial charge in [0.15, 0.2) is 5.78 Å². The van der Waals surface area contributed by atoms with Gasteiger partial charge in [0.05, 0.1) is 23.2 Å². The molecule has 1 unspecified atom stereocenters. The van der Waals surface area contributed by atoms with E-state index in [9.17, 15) is 24.0 Å². The first-order valence-electron chi connectivity index (χ1n) is 9.18. The van der Waals surface area contributed by atoms with E-state index in [1.54, 1.807) is 31.2 Å². The lowest BCUT2D eigenvalue weighted by Gasteiger charge is -2.15. The van der Waals surface area contributed by atoms with Crippen molar-refractivity contribution < 1.29 is 19.1 Å². The van der Waals surface area contributed by atoms with E-state index in [0.29, 0.717) is 27.3 Å². The zero-order valence-corrected chi connectivity index (χ0v) is 17.1. The molecule has 0 saturated carbocycles. The van der Waals surface area contributed by atoms with Crippen LogP contribution in [0.2, 0.25) is 5.02 Å². The molecule has 1 aromatic heterocycles. The van der Waals surface area contributed by atoms with Gasteiger partial charge >= 0.3 is 5.97 Å². The Morgan fingerprint density at radius 3 is 2.55 bits per heavy atom. The Morgan fingerprint density at radius 2 is 1.94 bits per heavy atom. The van der Waals surface area contributed by atoms with Gasteiger partial charge in [-0.05, 0) is 54.4 Å². The molecule has 3 rings (SSSR count). The molecule has 31 heavy (non-hydrogen) atoms. The molecule has 0 aliphatic carbocycles. The highest BCUT2D eigenvalue weighted by Gasteiger charge is 2.19. The van der Waals surface area contributed by atoms with Crippen LogP contribution in [0.15, 0.2) is 59.5 Å². The van der Waals surface area contributed by atoms with Crippen molar-refractivity contribution >= 4 is 23.4 Å². The van der Waals surface area contributed by atoms with Gasteiger partial charge in [-0.15, -0.1) is 0 Å². The molecule has 0 amide bonds. The van der Waals surface area contributed by atoms with E-state index in [-0.39, 0.29) is 12.2 Å². The summed E-state index contributed by atoms with van der Waals surface area (Å²) in [6.45, 7) is 1.55. The lowest BCUT2D eigenvalue weighted by Crippen LogP contribution is -2.28. The molecule has 0 radical (unpaired) electrons. The molecule has 1 N–H and O–H groups in total. The molecule has 0 saturated heterocycles. The fourth-order valence-corrected chi connectivity index (χ4v) is 3.35. The van der Waals surface area contributed by atoms with Crippen molar-refractivity contribution in [1.82, 2.24) is 4.57 Å². The second-order valence-electron chi connectivity index (χ2n) is 6.90. The van der Waals surface area contributed by atoms with Crippen molar-refractivity contribution in [2.45, 2.75) is 19.4 Å². The molecule has 0 spiro atoms. The number of Topliss-reactive ketones (excluding diaryl/α,β-unsaturated/α-hetero) is 1. The summed E-state index contributed by atoms with van der Waals surface area (Å²) in [5.74, 6) is -2.67. The molecule has 1 atom stereocenters. The number of rotatable bonds is 6. The predicted molar refractivity (Wildman–Crippen MR) is 113 cm³/mol. The van der Waals surface area contributed by atoms with E-state index >= 15 is 0 Å². The molecule has 3 aromatic rings. The Hall–Kier alpha value is -3.76. The quantitative estimate of drug-likeness (QED) is 0.620. The molecule has 1 heterocycles. The second kappa shape index (κ2) is 8.94. The normalized spacial score (nSPS) is 11.5. The first kappa shape index (κ1) is 21.9. The molecule has 2 aromatic carbocycles. The number of nitrogens with zero attached hydrogens (tertiary/aromatic N) is 2. The third-order valence-corrected chi connectivity index (χ3v) is 5.12. The van der Waals surface area contributed by atoms with Gasteiger partial charge in [0.1, 0.15) is 5.82 Å². The summed E-state index contributed by atoms with van der Waals surface area (Å²) in [4.78, 5) is 36.2. The zero-order chi connectivity index (χ0) is 22.7. The smallest absolute Gasteiger partial charge is 0.338 e. The standard InChI is InChI=1S/C23H16ClFN2O4/c1-13(21(28)9-14-2-5-18(23(30)31)20(25)8-14)27-7-6-15(10-22(27)29)19-11-17(24)4-3-16(19)12-26/h2-8,10-11,13H,9H2,1H3,(H,30,31). The first-order valence-corrected chi connectivity index (χ1v) is 9.55. The fraction of sp³-hybridized carbons (Fsp3) is 0.130. The van der Waals surface area contributed by atoms with Crippen molar-refractivity contribution in [3.8, 4) is 17.2 Å². The summed E-state index contributed by atoms with van der Waals surface area (Å²) in [5.41, 5.74) is 0.737. The van der Waals surface area contributed by atoms with Gasteiger partial charge in [-0.2, -0.15) is 5.26 Å². The number of carbonyl (C=O) groups is 2. The van der Waals surface area contributed by atoms with Gasteiger partial charge in [0.25, 0.3) is 5.56 Å². The molecule has 0 aliphatic heterocycles. The summed E-state index contributed by atoms with van der Waals surface area (Å²) in [6.07, 6.45) is 1.29. The summed E-state index contributed by atoms with van der Waals surface area (Å²) >= 11 is 6.01. The minimum atomic E-state index is -1.39. The third kappa shape index (κ3) is 4.71. The maximum atomic E-state index is 13.9. The molecule has 8 heteroatoms. The third-order valence-electron chi connectivity index (χ3n) is 4.89. The number of carboxylic acids is 1. The van der Waals surface area contributed by atoms with Crippen LogP contribution < -0.4 is 5.56 Å². The van der Waals surface area contributed by atoms with Crippen LogP contribution in [-0.2, 0) is 11.2 Å². The number of carbonyl (C=O) groups excluding carboxylic acids is 1. The van der Waals surface area contributed by atoms with E-state index in [4.69, 9.17) is 16.7 Å². The van der Waals surface area contributed by atoms with Crippen molar-refractivity contribution in [1.29, 1.82) is 5.26 Å². The highest BCUT2D eigenvalue weighted by atomic mass is 35.5. The summed E-state index contributed by atoms with van der Waals surface area (Å²) in [7, 11) is 0. The second-order valence-corrected chi connectivity index (χ2v) is 7.34. The van der Waals surface area contributed by atoms with Crippen molar-refractivity contribution in [3.63, 3.8) is 0 Å². The number of carboxylic acid groups (broad SMARTS) is 1. The Labute approximate surface area is 181 Å². The van der Waals surface area contributed by atoms with Crippen molar-refractivity contribution in [2.75, 3.05) is 0 Å². The van der Waals surface area contributed by atoms with Crippen LogP contribution >= 0.6 is 11.6 Å². The Balaban J connectivity index is 1.85. The lowest BCUT2D eigenvalue weighted by atomic mass is 10.0. The number of hydrogen-bond acceptors (Lipinski definition) is 4. The fourth-order valence-electron chi connectivity index (χ4n) is 3.18. The zero-order valence-electron chi connectivity index (χ0n) is 16.3. The molecule has 6 nitrogen and oxygen atoms in total. The largest absolute Gasteiger partial charge is 0.478 e. The van der Waals surface area contributed by atoms with Crippen LogP contribution in [-0.4, -0.2) is 21.4 Å². The van der Waals surface area contributed by atoms with E-state index < -0.39 is 29.0 Å². The number of aromatic nitrogens is 1. The van der Waals surface area contributed by atoms with Gasteiger partial charge in [0, 0.05) is 29.3 Å². The van der Waals surface area contributed by atoms with E-state index in [2.05, 4.69) is 6.07 Å². The number of pyridine rings is 1. The topological polar surface area (TPSA) is 100 Å². The number of hydrogen-bond donors (Lipinski definition) is 1. The highest BCUT2D eigenvalue weighted by Crippen LogP contribution is 2.26. The summed E-state index contributed by atoms with van der Waals surface area (Å²) in [6, 6.07) is 12.3. The average Bonchev–Trinajstić information content (AvgIpc) is 2.73. The maximum Gasteiger partial charge on any atom is 0.338 e.